The van der Waals surface area contributed by atoms with E-state index in [2.05, 4.69) is 20.2 Å². The van der Waals surface area contributed by atoms with E-state index in [-0.39, 0.29) is 36.8 Å². The zero-order chi connectivity index (χ0) is 22.9. The van der Waals surface area contributed by atoms with Crippen molar-refractivity contribution in [3.05, 3.63) is 46.7 Å². The minimum absolute atomic E-state index is 0.0634. The van der Waals surface area contributed by atoms with Crippen molar-refractivity contribution in [2.75, 3.05) is 23.7 Å². The molecule has 0 amide bonds. The summed E-state index contributed by atoms with van der Waals surface area (Å²) < 4.78 is 30.7. The number of nitriles is 1. The van der Waals surface area contributed by atoms with Crippen LogP contribution in [0.3, 0.4) is 0 Å². The van der Waals surface area contributed by atoms with Crippen LogP contribution in [-0.4, -0.2) is 35.1 Å². The van der Waals surface area contributed by atoms with Gasteiger partial charge in [-0.2, -0.15) is 5.26 Å². The van der Waals surface area contributed by atoms with Crippen LogP contribution in [-0.2, 0) is 0 Å². The van der Waals surface area contributed by atoms with E-state index in [1.54, 1.807) is 6.07 Å². The quantitative estimate of drug-likeness (QED) is 0.425. The van der Waals surface area contributed by atoms with Gasteiger partial charge in [-0.15, -0.1) is 11.3 Å². The Balaban J connectivity index is 1.58. The number of rotatable bonds is 2. The molecule has 6 nitrogen and oxygen atoms in total. The summed E-state index contributed by atoms with van der Waals surface area (Å²) in [7, 11) is 0. The Kier molecular flexibility index (Phi) is 4.66. The fourth-order valence-electron chi connectivity index (χ4n) is 5.09. The number of nitrogen functional groups attached to an aromatic ring is 1. The lowest BCUT2D eigenvalue weighted by Gasteiger charge is -2.34. The molecule has 10 heteroatoms. The van der Waals surface area contributed by atoms with Gasteiger partial charge in [0.2, 0.25) is 0 Å². The monoisotopic (exact) mass is 482 g/mol. The van der Waals surface area contributed by atoms with E-state index in [9.17, 15) is 9.65 Å². The first-order chi connectivity index (χ1) is 16.0. The van der Waals surface area contributed by atoms with E-state index < -0.39 is 11.6 Å². The third kappa shape index (κ3) is 3.05. The van der Waals surface area contributed by atoms with Gasteiger partial charge in [0.25, 0.3) is 0 Å². The third-order valence-corrected chi connectivity index (χ3v) is 7.84. The van der Waals surface area contributed by atoms with Crippen molar-refractivity contribution in [2.45, 2.75) is 24.9 Å². The second-order valence-corrected chi connectivity index (χ2v) is 9.90. The Morgan fingerprint density at radius 1 is 1.21 bits per heavy atom. The Bertz CT molecular complexity index is 1480. The summed E-state index contributed by atoms with van der Waals surface area (Å²) in [6.45, 7) is 1.56. The first kappa shape index (κ1) is 20.5. The summed E-state index contributed by atoms with van der Waals surface area (Å²) in [5.74, 6) is -0.518. The number of thiophene rings is 1. The van der Waals surface area contributed by atoms with E-state index in [1.165, 1.54) is 18.5 Å². The van der Waals surface area contributed by atoms with Gasteiger partial charge in [0.1, 0.15) is 34.5 Å². The molecule has 2 aliphatic heterocycles. The SMILES string of the molecule is N#Cc1c(N)sc2c(F)ccc(-c3c(Cl)cc4c(N5CC6CCC(C5)N6)ncnc4c3F)c12. The van der Waals surface area contributed by atoms with Gasteiger partial charge in [0, 0.05) is 41.5 Å². The third-order valence-electron chi connectivity index (χ3n) is 6.52. The Labute approximate surface area is 196 Å². The summed E-state index contributed by atoms with van der Waals surface area (Å²) in [5, 5.41) is 14.3. The Morgan fingerprint density at radius 2 is 1.97 bits per heavy atom. The van der Waals surface area contributed by atoms with Crippen LogP contribution in [0.4, 0.5) is 19.6 Å². The highest BCUT2D eigenvalue weighted by molar-refractivity contribution is 7.23. The van der Waals surface area contributed by atoms with E-state index in [4.69, 9.17) is 17.3 Å². The molecule has 0 spiro atoms. The minimum atomic E-state index is -0.638. The molecular weight excluding hydrogens is 466 g/mol. The molecule has 166 valence electrons. The van der Waals surface area contributed by atoms with Crippen LogP contribution < -0.4 is 16.0 Å². The lowest BCUT2D eigenvalue weighted by Crippen LogP contribution is -2.51. The number of piperazine rings is 1. The molecule has 2 atom stereocenters. The zero-order valence-corrected chi connectivity index (χ0v) is 18.8. The highest BCUT2D eigenvalue weighted by Crippen LogP contribution is 2.45. The number of nitrogens with zero attached hydrogens (tertiary/aromatic N) is 4. The summed E-state index contributed by atoms with van der Waals surface area (Å²) >= 11 is 7.59. The first-order valence-electron chi connectivity index (χ1n) is 10.5. The zero-order valence-electron chi connectivity index (χ0n) is 17.2. The van der Waals surface area contributed by atoms with Crippen molar-refractivity contribution in [2.24, 2.45) is 0 Å². The van der Waals surface area contributed by atoms with Crippen LogP contribution in [0.2, 0.25) is 5.02 Å². The Morgan fingerprint density at radius 3 is 2.70 bits per heavy atom. The van der Waals surface area contributed by atoms with Crippen molar-refractivity contribution in [1.29, 1.82) is 5.26 Å². The molecule has 2 saturated heterocycles. The van der Waals surface area contributed by atoms with Gasteiger partial charge >= 0.3 is 0 Å². The summed E-state index contributed by atoms with van der Waals surface area (Å²) in [4.78, 5) is 10.8. The van der Waals surface area contributed by atoms with Gasteiger partial charge in [-0.3, -0.25) is 0 Å². The average Bonchev–Trinajstić information content (AvgIpc) is 3.33. The number of hydrogen-bond donors (Lipinski definition) is 2. The van der Waals surface area contributed by atoms with E-state index in [0.29, 0.717) is 28.9 Å². The Hall–Kier alpha value is -3.06. The van der Waals surface area contributed by atoms with Crippen LogP contribution in [0.25, 0.3) is 32.1 Å². The molecule has 0 aliphatic carbocycles. The van der Waals surface area contributed by atoms with Crippen molar-refractivity contribution >= 4 is 54.7 Å². The van der Waals surface area contributed by atoms with Crippen molar-refractivity contribution in [1.82, 2.24) is 15.3 Å². The lowest BCUT2D eigenvalue weighted by molar-refractivity contribution is 0.464. The molecule has 3 N–H and O–H groups in total. The van der Waals surface area contributed by atoms with Gasteiger partial charge in [-0.1, -0.05) is 17.7 Å². The molecule has 2 unspecified atom stereocenters. The molecule has 2 fully saturated rings. The molecule has 2 aromatic heterocycles. The number of nitrogens with two attached hydrogens (primary N) is 1. The van der Waals surface area contributed by atoms with Crippen molar-refractivity contribution < 1.29 is 8.78 Å². The largest absolute Gasteiger partial charge is 0.389 e. The highest BCUT2D eigenvalue weighted by atomic mass is 35.5. The number of anilines is 2. The van der Waals surface area contributed by atoms with Gasteiger partial charge in [-0.05, 0) is 30.5 Å². The molecule has 2 bridgehead atoms. The molecule has 2 aliphatic rings. The molecule has 6 rings (SSSR count). The number of halogens is 3. The highest BCUT2D eigenvalue weighted by Gasteiger charge is 2.34. The van der Waals surface area contributed by atoms with Crippen LogP contribution >= 0.6 is 22.9 Å². The molecule has 4 heterocycles. The van der Waals surface area contributed by atoms with Crippen LogP contribution in [0.5, 0.6) is 0 Å². The standard InChI is InChI=1S/C23H17ClF2N6S/c24-15-5-13-20(29-9-30-23(13)32-7-10-1-2-11(8-32)31-10)19(26)18(15)12-3-4-16(25)21-17(12)14(6-27)22(28)33-21/h3-5,9-11,31H,1-2,7-8,28H2. The van der Waals surface area contributed by atoms with E-state index >= 15 is 4.39 Å². The van der Waals surface area contributed by atoms with Crippen LogP contribution in [0.1, 0.15) is 18.4 Å². The van der Waals surface area contributed by atoms with E-state index in [1.807, 2.05) is 6.07 Å². The fraction of sp³-hybridized carbons (Fsp3) is 0.261. The van der Waals surface area contributed by atoms with Crippen LogP contribution in [0, 0.1) is 23.0 Å². The van der Waals surface area contributed by atoms with E-state index in [0.717, 1.165) is 37.3 Å². The maximum atomic E-state index is 16.0. The lowest BCUT2D eigenvalue weighted by atomic mass is 9.97. The van der Waals surface area contributed by atoms with Crippen molar-refractivity contribution in [3.8, 4) is 17.2 Å². The molecule has 33 heavy (non-hydrogen) atoms. The normalized spacial score (nSPS) is 20.0. The number of aromatic nitrogens is 2. The van der Waals surface area contributed by atoms with Crippen molar-refractivity contribution in [3.63, 3.8) is 0 Å². The maximum Gasteiger partial charge on any atom is 0.158 e. The predicted octanol–water partition coefficient (Wildman–Crippen LogP) is 4.84. The number of nitrogens with one attached hydrogen (secondary N) is 1. The summed E-state index contributed by atoms with van der Waals surface area (Å²) in [6, 6.07) is 7.10. The minimum Gasteiger partial charge on any atom is -0.389 e. The van der Waals surface area contributed by atoms with Gasteiger partial charge in [0.15, 0.2) is 5.82 Å². The molecule has 0 radical (unpaired) electrons. The summed E-state index contributed by atoms with van der Waals surface area (Å²) in [6.07, 6.45) is 3.57. The predicted molar refractivity (Wildman–Crippen MR) is 127 cm³/mol. The average molecular weight is 483 g/mol. The number of fused-ring (bicyclic) bond motifs is 4. The maximum absolute atomic E-state index is 16.0. The van der Waals surface area contributed by atoms with Gasteiger partial charge in [-0.25, -0.2) is 18.7 Å². The summed E-state index contributed by atoms with van der Waals surface area (Å²) in [5.41, 5.74) is 6.56. The van der Waals surface area contributed by atoms with Gasteiger partial charge in [0.05, 0.1) is 15.3 Å². The second-order valence-electron chi connectivity index (χ2n) is 8.44. The molecule has 4 aromatic rings. The fourth-order valence-corrected chi connectivity index (χ4v) is 6.34. The topological polar surface area (TPSA) is 90.9 Å². The van der Waals surface area contributed by atoms with Gasteiger partial charge < -0.3 is 16.0 Å². The second kappa shape index (κ2) is 7.48. The first-order valence-corrected chi connectivity index (χ1v) is 11.7. The number of hydrogen-bond acceptors (Lipinski definition) is 7. The molecule has 0 saturated carbocycles. The molecular formula is C23H17ClF2N6S. The smallest absolute Gasteiger partial charge is 0.158 e. The van der Waals surface area contributed by atoms with Crippen LogP contribution in [0.15, 0.2) is 24.5 Å². The molecule has 2 aromatic carbocycles. The number of benzene rings is 2.